The van der Waals surface area contributed by atoms with Gasteiger partial charge in [0, 0.05) is 54.6 Å². The van der Waals surface area contributed by atoms with E-state index in [0.29, 0.717) is 24.3 Å². The number of nitrogens with one attached hydrogen (secondary N) is 1. The van der Waals surface area contributed by atoms with Crippen LogP contribution in [0.1, 0.15) is 13.8 Å². The van der Waals surface area contributed by atoms with Crippen LogP contribution in [0.25, 0.3) is 10.9 Å². The van der Waals surface area contributed by atoms with E-state index < -0.39 is 21.9 Å². The lowest BCUT2D eigenvalue weighted by Crippen LogP contribution is -2.60. The Morgan fingerprint density at radius 1 is 1.23 bits per heavy atom. The Balaban J connectivity index is 1.99. The van der Waals surface area contributed by atoms with Crippen molar-refractivity contribution in [3.8, 4) is 5.75 Å². The summed E-state index contributed by atoms with van der Waals surface area (Å²) in [6.07, 6.45) is -1.98. The minimum Gasteiger partial charge on any atom is -0.406 e. The molecule has 26 heavy (non-hydrogen) atoms. The third-order valence-electron chi connectivity index (χ3n) is 4.42. The van der Waals surface area contributed by atoms with Gasteiger partial charge in [0.15, 0.2) is 0 Å². The Hall–Kier alpha value is -1.94. The lowest BCUT2D eigenvalue weighted by atomic mass is 10.0. The molecule has 6 nitrogen and oxygen atoms in total. The molecule has 3 rings (SSSR count). The summed E-state index contributed by atoms with van der Waals surface area (Å²) in [6.45, 7) is 4.55. The number of halogens is 3. The number of hydrogen-bond acceptors (Lipinski definition) is 4. The second-order valence-electron chi connectivity index (χ2n) is 7.00. The number of benzene rings is 1. The van der Waals surface area contributed by atoms with E-state index in [1.54, 1.807) is 26.1 Å². The van der Waals surface area contributed by atoms with E-state index in [0.717, 1.165) is 11.6 Å². The van der Waals surface area contributed by atoms with Crippen LogP contribution in [0.4, 0.5) is 18.9 Å². The lowest BCUT2D eigenvalue weighted by molar-refractivity contribution is -0.274. The van der Waals surface area contributed by atoms with Crippen molar-refractivity contribution >= 4 is 26.6 Å². The van der Waals surface area contributed by atoms with Crippen molar-refractivity contribution < 1.29 is 26.3 Å². The Morgan fingerprint density at radius 2 is 1.92 bits per heavy atom. The first-order chi connectivity index (χ1) is 11.9. The number of anilines is 1. The van der Waals surface area contributed by atoms with Gasteiger partial charge in [0.05, 0.1) is 11.8 Å². The van der Waals surface area contributed by atoms with Crippen LogP contribution in [0.15, 0.2) is 24.4 Å². The predicted molar refractivity (Wildman–Crippen MR) is 92.8 cm³/mol. The van der Waals surface area contributed by atoms with Crippen LogP contribution in [0.5, 0.6) is 5.75 Å². The number of nitrogens with zero attached hydrogens (tertiary/aromatic N) is 2. The van der Waals surface area contributed by atoms with Gasteiger partial charge in [-0.3, -0.25) is 0 Å². The van der Waals surface area contributed by atoms with Crippen LogP contribution in [0.3, 0.4) is 0 Å². The number of H-pyrrole nitrogens is 1. The molecule has 1 fully saturated rings. The van der Waals surface area contributed by atoms with Crippen LogP contribution in [0, 0.1) is 0 Å². The van der Waals surface area contributed by atoms with Crippen LogP contribution in [-0.2, 0) is 10.0 Å². The van der Waals surface area contributed by atoms with Crippen molar-refractivity contribution in [3.63, 3.8) is 0 Å². The van der Waals surface area contributed by atoms with Gasteiger partial charge in [0.1, 0.15) is 5.75 Å². The second kappa shape index (κ2) is 6.05. The third kappa shape index (κ3) is 3.75. The Kier molecular flexibility index (Phi) is 4.39. The molecule has 0 spiro atoms. The molecule has 2 heterocycles. The Labute approximate surface area is 149 Å². The molecule has 0 unspecified atom stereocenters. The molecule has 144 valence electrons. The summed E-state index contributed by atoms with van der Waals surface area (Å²) in [4.78, 5) is 4.79. The number of hydrogen-bond donors (Lipinski definition) is 1. The minimum atomic E-state index is -4.79. The molecular weight excluding hydrogens is 371 g/mol. The van der Waals surface area contributed by atoms with Gasteiger partial charge in [-0.15, -0.1) is 13.2 Å². The smallest absolute Gasteiger partial charge is 0.406 e. The Bertz CT molecular complexity index is 922. The molecule has 1 aromatic heterocycles. The van der Waals surface area contributed by atoms with Gasteiger partial charge in [-0.1, -0.05) is 0 Å². The SMILES string of the molecule is CC1(C)CN(c2cc(OC(F)(F)F)cc3[nH]ccc23)CCN1S(C)(=O)=O. The zero-order valence-electron chi connectivity index (χ0n) is 14.6. The molecule has 10 heteroatoms. The predicted octanol–water partition coefficient (Wildman–Crippen LogP) is 2.93. The summed E-state index contributed by atoms with van der Waals surface area (Å²) in [6, 6.07) is 4.41. The molecular formula is C16H20F3N3O3S. The average molecular weight is 391 g/mol. The van der Waals surface area contributed by atoms with Crippen LogP contribution in [-0.4, -0.2) is 55.5 Å². The number of aromatic nitrogens is 1. The molecule has 1 N–H and O–H groups in total. The first-order valence-electron chi connectivity index (χ1n) is 7.96. The number of ether oxygens (including phenoxy) is 1. The summed E-state index contributed by atoms with van der Waals surface area (Å²) < 4.78 is 67.4. The maximum Gasteiger partial charge on any atom is 0.573 e. The van der Waals surface area contributed by atoms with Crippen molar-refractivity contribution in [2.75, 3.05) is 30.8 Å². The van der Waals surface area contributed by atoms with E-state index in [4.69, 9.17) is 0 Å². The fraction of sp³-hybridized carbons (Fsp3) is 0.500. The number of piperazine rings is 1. The number of aromatic amines is 1. The minimum absolute atomic E-state index is 0.252. The summed E-state index contributed by atoms with van der Waals surface area (Å²) in [5, 5.41) is 0.753. The molecule has 1 aliphatic heterocycles. The van der Waals surface area contributed by atoms with E-state index in [-0.39, 0.29) is 12.3 Å². The molecule has 0 saturated carbocycles. The maximum absolute atomic E-state index is 12.6. The zero-order valence-corrected chi connectivity index (χ0v) is 15.4. The number of alkyl halides is 3. The highest BCUT2D eigenvalue weighted by atomic mass is 32.2. The topological polar surface area (TPSA) is 65.6 Å². The zero-order chi connectivity index (χ0) is 19.3. The molecule has 0 radical (unpaired) electrons. The Morgan fingerprint density at radius 3 is 2.50 bits per heavy atom. The van der Waals surface area contributed by atoms with E-state index in [1.165, 1.54) is 16.4 Å². The van der Waals surface area contributed by atoms with Gasteiger partial charge in [0.2, 0.25) is 10.0 Å². The summed E-state index contributed by atoms with van der Waals surface area (Å²) >= 11 is 0. The van der Waals surface area contributed by atoms with Crippen molar-refractivity contribution in [3.05, 3.63) is 24.4 Å². The molecule has 0 aliphatic carbocycles. The van der Waals surface area contributed by atoms with Crippen LogP contribution in [0.2, 0.25) is 0 Å². The van der Waals surface area contributed by atoms with E-state index in [1.807, 2.05) is 4.90 Å². The van der Waals surface area contributed by atoms with Crippen molar-refractivity contribution in [2.24, 2.45) is 0 Å². The molecule has 1 saturated heterocycles. The highest BCUT2D eigenvalue weighted by Crippen LogP contribution is 2.36. The summed E-state index contributed by atoms with van der Waals surface area (Å²) in [5.74, 6) is -0.314. The van der Waals surface area contributed by atoms with E-state index in [2.05, 4.69) is 9.72 Å². The molecule has 0 amide bonds. The molecule has 1 aliphatic rings. The molecule has 0 bridgehead atoms. The first kappa shape index (κ1) is 18.8. The van der Waals surface area contributed by atoms with Gasteiger partial charge >= 0.3 is 6.36 Å². The van der Waals surface area contributed by atoms with E-state index in [9.17, 15) is 21.6 Å². The average Bonchev–Trinajstić information content (AvgIpc) is 2.90. The molecule has 2 aromatic rings. The summed E-state index contributed by atoms with van der Waals surface area (Å²) in [7, 11) is -3.38. The molecule has 0 atom stereocenters. The van der Waals surface area contributed by atoms with Crippen LogP contribution >= 0.6 is 0 Å². The van der Waals surface area contributed by atoms with Gasteiger partial charge in [-0.2, -0.15) is 4.31 Å². The number of sulfonamides is 1. The van der Waals surface area contributed by atoms with Gasteiger partial charge in [-0.25, -0.2) is 8.42 Å². The quantitative estimate of drug-likeness (QED) is 0.874. The first-order valence-corrected chi connectivity index (χ1v) is 9.81. The van der Waals surface area contributed by atoms with Gasteiger partial charge in [-0.05, 0) is 19.9 Å². The fourth-order valence-electron chi connectivity index (χ4n) is 3.54. The number of rotatable bonds is 3. The van der Waals surface area contributed by atoms with Crippen molar-refractivity contribution in [2.45, 2.75) is 25.7 Å². The second-order valence-corrected chi connectivity index (χ2v) is 8.91. The van der Waals surface area contributed by atoms with E-state index >= 15 is 0 Å². The highest BCUT2D eigenvalue weighted by molar-refractivity contribution is 7.88. The summed E-state index contributed by atoms with van der Waals surface area (Å²) in [5.41, 5.74) is 0.393. The van der Waals surface area contributed by atoms with Gasteiger partial charge < -0.3 is 14.6 Å². The number of fused-ring (bicyclic) bond motifs is 1. The standard InChI is InChI=1S/C16H20F3N3O3S/c1-15(2)10-21(6-7-22(15)26(3,23)24)14-9-11(25-16(17,18)19)8-13-12(14)4-5-20-13/h4-5,8-9,20H,6-7,10H2,1-3H3. The van der Waals surface area contributed by atoms with Crippen LogP contribution < -0.4 is 9.64 Å². The van der Waals surface area contributed by atoms with Crippen molar-refractivity contribution in [1.29, 1.82) is 0 Å². The normalized spacial score (nSPS) is 19.1. The maximum atomic E-state index is 12.6. The van der Waals surface area contributed by atoms with Crippen molar-refractivity contribution in [1.82, 2.24) is 9.29 Å². The lowest BCUT2D eigenvalue weighted by Gasteiger charge is -2.46. The molecule has 1 aromatic carbocycles. The largest absolute Gasteiger partial charge is 0.573 e. The highest BCUT2D eigenvalue weighted by Gasteiger charge is 2.39. The third-order valence-corrected chi connectivity index (χ3v) is 5.90. The monoisotopic (exact) mass is 391 g/mol. The fourth-order valence-corrected chi connectivity index (χ4v) is 4.90. The van der Waals surface area contributed by atoms with Gasteiger partial charge in [0.25, 0.3) is 0 Å².